The van der Waals surface area contributed by atoms with Gasteiger partial charge in [-0.25, -0.2) is 0 Å². The second-order valence-corrected chi connectivity index (χ2v) is 8.13. The van der Waals surface area contributed by atoms with Gasteiger partial charge in [-0.3, -0.25) is 9.59 Å². The zero-order valence-corrected chi connectivity index (χ0v) is 13.0. The number of Topliss-reactive ketones (excluding diaryl/α,β-unsaturated/α-hetero) is 1. The number of allylic oxidation sites excluding steroid dienone is 4. The molecule has 2 saturated carbocycles. The lowest BCUT2D eigenvalue weighted by Gasteiger charge is -2.56. The molecular formula is C19H24O2. The van der Waals surface area contributed by atoms with E-state index < -0.39 is 0 Å². The molecule has 0 aromatic heterocycles. The SMILES string of the molecule is C[C@@]12C=CC[C@H]1[C@@H]1CCC3=CC(=O)CC[C@]3(C)[C@H]1C(=O)C2. The van der Waals surface area contributed by atoms with E-state index in [1.807, 2.05) is 6.08 Å². The first-order valence-corrected chi connectivity index (χ1v) is 8.38. The van der Waals surface area contributed by atoms with Crippen molar-refractivity contribution in [2.45, 2.75) is 52.4 Å². The number of rotatable bonds is 0. The molecule has 0 spiro atoms. The zero-order chi connectivity index (χ0) is 14.8. The Hall–Kier alpha value is -1.18. The molecule has 0 radical (unpaired) electrons. The Morgan fingerprint density at radius 3 is 2.81 bits per heavy atom. The van der Waals surface area contributed by atoms with Gasteiger partial charge in [-0.15, -0.1) is 0 Å². The third kappa shape index (κ3) is 1.71. The Labute approximate surface area is 126 Å². The van der Waals surface area contributed by atoms with Crippen LogP contribution in [-0.4, -0.2) is 11.6 Å². The fourth-order valence-electron chi connectivity index (χ4n) is 5.89. The van der Waals surface area contributed by atoms with Crippen molar-refractivity contribution in [3.05, 3.63) is 23.8 Å². The second-order valence-electron chi connectivity index (χ2n) is 8.13. The predicted octanol–water partition coefficient (Wildman–Crippen LogP) is 3.86. The molecule has 0 aromatic rings. The molecule has 112 valence electrons. The van der Waals surface area contributed by atoms with Gasteiger partial charge in [0.25, 0.3) is 0 Å². The molecule has 0 bridgehead atoms. The summed E-state index contributed by atoms with van der Waals surface area (Å²) in [4.78, 5) is 24.7. The van der Waals surface area contributed by atoms with Gasteiger partial charge in [0.05, 0.1) is 0 Å². The highest BCUT2D eigenvalue weighted by Crippen LogP contribution is 2.62. The summed E-state index contributed by atoms with van der Waals surface area (Å²) >= 11 is 0. The van der Waals surface area contributed by atoms with Crippen LogP contribution in [-0.2, 0) is 9.59 Å². The topological polar surface area (TPSA) is 34.1 Å². The minimum atomic E-state index is -0.0438. The molecule has 2 nitrogen and oxygen atoms in total. The fourth-order valence-corrected chi connectivity index (χ4v) is 5.89. The van der Waals surface area contributed by atoms with Gasteiger partial charge in [-0.2, -0.15) is 0 Å². The van der Waals surface area contributed by atoms with E-state index >= 15 is 0 Å². The maximum Gasteiger partial charge on any atom is 0.155 e. The number of hydrogen-bond acceptors (Lipinski definition) is 2. The number of hydrogen-bond donors (Lipinski definition) is 0. The van der Waals surface area contributed by atoms with Gasteiger partial charge >= 0.3 is 0 Å². The van der Waals surface area contributed by atoms with E-state index in [1.165, 1.54) is 5.57 Å². The Balaban J connectivity index is 1.77. The molecule has 4 aliphatic carbocycles. The van der Waals surface area contributed by atoms with Crippen molar-refractivity contribution in [3.8, 4) is 0 Å². The Kier molecular flexibility index (Phi) is 2.68. The lowest BCUT2D eigenvalue weighted by molar-refractivity contribution is -0.142. The molecule has 0 aromatic carbocycles. The average molecular weight is 284 g/mol. The molecule has 0 amide bonds. The van der Waals surface area contributed by atoms with Crippen molar-refractivity contribution in [3.63, 3.8) is 0 Å². The smallest absolute Gasteiger partial charge is 0.155 e. The number of carbonyl (C=O) groups excluding carboxylic acids is 2. The van der Waals surface area contributed by atoms with Crippen molar-refractivity contribution in [1.29, 1.82) is 0 Å². The summed E-state index contributed by atoms with van der Waals surface area (Å²) in [6, 6.07) is 0. The van der Waals surface area contributed by atoms with E-state index in [1.54, 1.807) is 0 Å². The third-order valence-corrected chi connectivity index (χ3v) is 6.98. The Bertz CT molecular complexity index is 584. The van der Waals surface area contributed by atoms with Gasteiger partial charge < -0.3 is 0 Å². The standard InChI is InChI=1S/C19H24O2/c1-18-8-3-4-15(18)14-6-5-12-10-13(20)7-9-19(12,2)17(14)16(21)11-18/h3,8,10,14-15,17H,4-7,9,11H2,1-2H3/t14-,15-,17+,18-,19-/m0/s1. The van der Waals surface area contributed by atoms with Gasteiger partial charge in [0.15, 0.2) is 5.78 Å². The third-order valence-electron chi connectivity index (χ3n) is 6.98. The Morgan fingerprint density at radius 2 is 2.00 bits per heavy atom. The van der Waals surface area contributed by atoms with Crippen LogP contribution in [0.3, 0.4) is 0 Å². The van der Waals surface area contributed by atoms with Gasteiger partial charge in [0.1, 0.15) is 5.78 Å². The maximum absolute atomic E-state index is 13.0. The minimum absolute atomic E-state index is 0.0438. The summed E-state index contributed by atoms with van der Waals surface area (Å²) in [6.07, 6.45) is 11.9. The molecule has 0 saturated heterocycles. The number of fused-ring (bicyclic) bond motifs is 5. The van der Waals surface area contributed by atoms with Crippen molar-refractivity contribution in [2.24, 2.45) is 28.6 Å². The van der Waals surface area contributed by atoms with Crippen LogP contribution in [0, 0.1) is 28.6 Å². The highest BCUT2D eigenvalue weighted by Gasteiger charge is 2.58. The molecule has 0 heterocycles. The Morgan fingerprint density at radius 1 is 1.19 bits per heavy atom. The van der Waals surface area contributed by atoms with Gasteiger partial charge in [-0.05, 0) is 54.4 Å². The van der Waals surface area contributed by atoms with E-state index in [-0.39, 0.29) is 22.5 Å². The zero-order valence-electron chi connectivity index (χ0n) is 13.0. The van der Waals surface area contributed by atoms with Gasteiger partial charge in [0, 0.05) is 18.8 Å². The highest BCUT2D eigenvalue weighted by molar-refractivity contribution is 5.93. The van der Waals surface area contributed by atoms with Crippen LogP contribution < -0.4 is 0 Å². The molecule has 2 fully saturated rings. The van der Waals surface area contributed by atoms with Crippen LogP contribution in [0.5, 0.6) is 0 Å². The van der Waals surface area contributed by atoms with Crippen molar-refractivity contribution < 1.29 is 9.59 Å². The molecular weight excluding hydrogens is 260 g/mol. The van der Waals surface area contributed by atoms with Crippen LogP contribution in [0.25, 0.3) is 0 Å². The normalized spacial score (nSPS) is 48.5. The quantitative estimate of drug-likeness (QED) is 0.633. The van der Waals surface area contributed by atoms with Gasteiger partial charge in [-0.1, -0.05) is 31.6 Å². The lowest BCUT2D eigenvalue weighted by Crippen LogP contribution is -2.53. The lowest BCUT2D eigenvalue weighted by atomic mass is 9.47. The first-order valence-electron chi connectivity index (χ1n) is 8.38. The molecule has 0 unspecified atom stereocenters. The summed E-state index contributed by atoms with van der Waals surface area (Å²) in [7, 11) is 0. The summed E-state index contributed by atoms with van der Waals surface area (Å²) in [5.74, 6) is 2.02. The predicted molar refractivity (Wildman–Crippen MR) is 81.6 cm³/mol. The van der Waals surface area contributed by atoms with Crippen LogP contribution in [0.4, 0.5) is 0 Å². The minimum Gasteiger partial charge on any atom is -0.299 e. The van der Waals surface area contributed by atoms with E-state index in [2.05, 4.69) is 26.0 Å². The van der Waals surface area contributed by atoms with Crippen LogP contribution in [0.2, 0.25) is 0 Å². The van der Waals surface area contributed by atoms with Crippen LogP contribution >= 0.6 is 0 Å². The van der Waals surface area contributed by atoms with Crippen molar-refractivity contribution >= 4 is 11.6 Å². The largest absolute Gasteiger partial charge is 0.299 e. The molecule has 4 rings (SSSR count). The molecule has 4 aliphatic rings. The molecule has 0 N–H and O–H groups in total. The first-order chi connectivity index (χ1) is 9.94. The van der Waals surface area contributed by atoms with Crippen LogP contribution in [0.1, 0.15) is 52.4 Å². The summed E-state index contributed by atoms with van der Waals surface area (Å²) < 4.78 is 0. The van der Waals surface area contributed by atoms with Gasteiger partial charge in [0.2, 0.25) is 0 Å². The number of ketones is 2. The molecule has 0 aliphatic heterocycles. The summed E-state index contributed by atoms with van der Waals surface area (Å²) in [6.45, 7) is 4.53. The number of carbonyl (C=O) groups is 2. The molecule has 2 heteroatoms. The van der Waals surface area contributed by atoms with Crippen LogP contribution in [0.15, 0.2) is 23.8 Å². The van der Waals surface area contributed by atoms with E-state index in [0.29, 0.717) is 30.5 Å². The van der Waals surface area contributed by atoms with Crippen molar-refractivity contribution in [2.75, 3.05) is 0 Å². The summed E-state index contributed by atoms with van der Waals surface area (Å²) in [5, 5.41) is 0. The molecule has 5 atom stereocenters. The second kappa shape index (κ2) is 4.18. The maximum atomic E-state index is 13.0. The fraction of sp³-hybridized carbons (Fsp3) is 0.684. The highest BCUT2D eigenvalue weighted by atomic mass is 16.1. The van der Waals surface area contributed by atoms with E-state index in [0.717, 1.165) is 25.7 Å². The van der Waals surface area contributed by atoms with E-state index in [9.17, 15) is 9.59 Å². The summed E-state index contributed by atoms with van der Waals surface area (Å²) in [5.41, 5.74) is 1.32. The molecule has 21 heavy (non-hydrogen) atoms. The first kappa shape index (κ1) is 13.5. The van der Waals surface area contributed by atoms with E-state index in [4.69, 9.17) is 0 Å². The average Bonchev–Trinajstić information content (AvgIpc) is 2.80. The monoisotopic (exact) mass is 284 g/mol. The van der Waals surface area contributed by atoms with Crippen molar-refractivity contribution in [1.82, 2.24) is 0 Å².